The van der Waals surface area contributed by atoms with Crippen molar-refractivity contribution < 1.29 is 18.7 Å². The number of likely N-dealkylation sites (tertiary alicyclic amines) is 1. The van der Waals surface area contributed by atoms with Crippen molar-refractivity contribution in [2.24, 2.45) is 5.92 Å². The zero-order chi connectivity index (χ0) is 18.5. The fraction of sp³-hybridized carbons (Fsp3) is 0.381. The Morgan fingerprint density at radius 3 is 2.42 bits per heavy atom. The number of piperidine rings is 1. The predicted octanol–water partition coefficient (Wildman–Crippen LogP) is 3.55. The van der Waals surface area contributed by atoms with Gasteiger partial charge in [0.2, 0.25) is 0 Å². The van der Waals surface area contributed by atoms with E-state index in [4.69, 9.17) is 9.47 Å². The van der Waals surface area contributed by atoms with E-state index in [9.17, 15) is 9.18 Å². The normalized spacial score (nSPS) is 20.0. The first-order chi connectivity index (χ1) is 12.6. The molecule has 1 aliphatic rings. The minimum atomic E-state index is -0.336. The van der Waals surface area contributed by atoms with Crippen LogP contribution in [0, 0.1) is 11.7 Å². The molecule has 0 aromatic heterocycles. The molecule has 1 saturated heterocycles. The molecule has 0 aliphatic carbocycles. The molecule has 0 N–H and O–H groups in total. The van der Waals surface area contributed by atoms with Gasteiger partial charge >= 0.3 is 0 Å². The maximum absolute atomic E-state index is 13.1. The molecule has 0 spiro atoms. The third kappa shape index (κ3) is 4.22. The van der Waals surface area contributed by atoms with E-state index in [-0.39, 0.29) is 23.7 Å². The van der Waals surface area contributed by atoms with Crippen molar-refractivity contribution in [3.63, 3.8) is 0 Å². The summed E-state index contributed by atoms with van der Waals surface area (Å²) < 4.78 is 24.0. The van der Waals surface area contributed by atoms with Crippen molar-refractivity contribution in [2.75, 3.05) is 27.3 Å². The molecular formula is C21H24FNO3. The van der Waals surface area contributed by atoms with Gasteiger partial charge in [-0.2, -0.15) is 0 Å². The van der Waals surface area contributed by atoms with Crippen LogP contribution in [0.3, 0.4) is 0 Å². The zero-order valence-corrected chi connectivity index (χ0v) is 15.2. The van der Waals surface area contributed by atoms with Crippen molar-refractivity contribution in [2.45, 2.75) is 18.9 Å². The number of rotatable bonds is 5. The van der Waals surface area contributed by atoms with Crippen molar-refractivity contribution in [3.8, 4) is 5.75 Å². The van der Waals surface area contributed by atoms with Crippen molar-refractivity contribution in [1.29, 1.82) is 0 Å². The van der Waals surface area contributed by atoms with Crippen LogP contribution in [-0.4, -0.2) is 44.2 Å². The van der Waals surface area contributed by atoms with Gasteiger partial charge in [0.15, 0.2) is 0 Å². The number of ether oxygens (including phenoxy) is 2. The van der Waals surface area contributed by atoms with Gasteiger partial charge in [-0.15, -0.1) is 0 Å². The molecule has 2 aromatic carbocycles. The highest BCUT2D eigenvalue weighted by Crippen LogP contribution is 2.25. The van der Waals surface area contributed by atoms with E-state index < -0.39 is 0 Å². The lowest BCUT2D eigenvalue weighted by Gasteiger charge is -2.38. The number of hydrogen-bond donors (Lipinski definition) is 0. The second-order valence-electron chi connectivity index (χ2n) is 6.63. The molecule has 1 aliphatic heterocycles. The molecule has 0 bridgehead atoms. The number of halogens is 1. The Bertz CT molecular complexity index is 730. The molecule has 2 atom stereocenters. The van der Waals surface area contributed by atoms with Crippen LogP contribution < -0.4 is 4.74 Å². The number of carbonyl (C=O) groups excluding carboxylic acids is 1. The number of methoxy groups -OCH3 is 2. The number of nitrogens with zero attached hydrogens (tertiary/aromatic N) is 1. The van der Waals surface area contributed by atoms with Gasteiger partial charge in [-0.25, -0.2) is 4.39 Å². The van der Waals surface area contributed by atoms with Crippen LogP contribution in [-0.2, 0) is 11.2 Å². The minimum Gasteiger partial charge on any atom is -0.497 e. The summed E-state index contributed by atoms with van der Waals surface area (Å²) in [6.45, 7) is 1.27. The van der Waals surface area contributed by atoms with Crippen molar-refractivity contribution in [3.05, 3.63) is 65.5 Å². The van der Waals surface area contributed by atoms with Gasteiger partial charge in [-0.1, -0.05) is 12.1 Å². The molecule has 1 fully saturated rings. The summed E-state index contributed by atoms with van der Waals surface area (Å²) >= 11 is 0. The minimum absolute atomic E-state index is 0.0562. The second kappa shape index (κ2) is 8.32. The SMILES string of the molecule is COc1ccc(C[C@@H]2CN(C(=O)c3ccc(F)cc3)CC[C@H]2OC)cc1. The fourth-order valence-corrected chi connectivity index (χ4v) is 3.54. The Balaban J connectivity index is 1.70. The highest BCUT2D eigenvalue weighted by atomic mass is 19.1. The second-order valence-corrected chi connectivity index (χ2v) is 6.63. The van der Waals surface area contributed by atoms with Crippen LogP contribution in [0.1, 0.15) is 22.3 Å². The standard InChI is InChI=1S/C21H24FNO3/c1-25-19-9-3-15(4-10-19)13-17-14-23(12-11-20(17)26-2)21(24)16-5-7-18(22)8-6-16/h3-10,17,20H,11-14H2,1-2H3/t17-,20-/m1/s1. The van der Waals surface area contributed by atoms with E-state index in [0.717, 1.165) is 18.6 Å². The molecule has 0 saturated carbocycles. The third-order valence-electron chi connectivity index (χ3n) is 5.00. The summed E-state index contributed by atoms with van der Waals surface area (Å²) in [5.74, 6) is 0.650. The first kappa shape index (κ1) is 18.4. The Morgan fingerprint density at radius 1 is 1.12 bits per heavy atom. The average Bonchev–Trinajstić information content (AvgIpc) is 2.68. The first-order valence-corrected chi connectivity index (χ1v) is 8.81. The highest BCUT2D eigenvalue weighted by molar-refractivity contribution is 5.94. The summed E-state index contributed by atoms with van der Waals surface area (Å²) in [6.07, 6.45) is 1.74. The first-order valence-electron chi connectivity index (χ1n) is 8.81. The summed E-state index contributed by atoms with van der Waals surface area (Å²) in [5.41, 5.74) is 1.71. The Morgan fingerprint density at radius 2 is 1.81 bits per heavy atom. The van der Waals surface area contributed by atoms with Crippen molar-refractivity contribution >= 4 is 5.91 Å². The number of hydrogen-bond acceptors (Lipinski definition) is 3. The molecule has 0 radical (unpaired) electrons. The van der Waals surface area contributed by atoms with E-state index in [1.165, 1.54) is 17.7 Å². The summed E-state index contributed by atoms with van der Waals surface area (Å²) in [5, 5.41) is 0. The topological polar surface area (TPSA) is 38.8 Å². The largest absolute Gasteiger partial charge is 0.497 e. The smallest absolute Gasteiger partial charge is 0.253 e. The van der Waals surface area contributed by atoms with Gasteiger partial charge < -0.3 is 14.4 Å². The third-order valence-corrected chi connectivity index (χ3v) is 5.00. The molecule has 3 rings (SSSR count). The molecular weight excluding hydrogens is 333 g/mol. The Labute approximate surface area is 153 Å². The van der Waals surface area contributed by atoms with Gasteiger partial charge in [-0.05, 0) is 54.8 Å². The van der Waals surface area contributed by atoms with Crippen LogP contribution in [0.25, 0.3) is 0 Å². The van der Waals surface area contributed by atoms with Crippen LogP contribution >= 0.6 is 0 Å². The summed E-state index contributed by atoms with van der Waals surface area (Å²) in [7, 11) is 3.37. The Kier molecular flexibility index (Phi) is 5.89. The van der Waals surface area contributed by atoms with Crippen molar-refractivity contribution in [1.82, 2.24) is 4.90 Å². The Hall–Kier alpha value is -2.40. The lowest BCUT2D eigenvalue weighted by atomic mass is 9.88. The molecule has 5 heteroatoms. The lowest BCUT2D eigenvalue weighted by molar-refractivity contribution is -0.00299. The molecule has 1 amide bonds. The highest BCUT2D eigenvalue weighted by Gasteiger charge is 2.32. The van der Waals surface area contributed by atoms with E-state index in [2.05, 4.69) is 0 Å². The van der Waals surface area contributed by atoms with Gasteiger partial charge in [0, 0.05) is 31.7 Å². The summed E-state index contributed by atoms with van der Waals surface area (Å²) in [4.78, 5) is 14.6. The maximum Gasteiger partial charge on any atom is 0.253 e. The molecule has 0 unspecified atom stereocenters. The van der Waals surface area contributed by atoms with Gasteiger partial charge in [0.1, 0.15) is 11.6 Å². The zero-order valence-electron chi connectivity index (χ0n) is 15.2. The molecule has 1 heterocycles. The average molecular weight is 357 g/mol. The number of benzene rings is 2. The number of amides is 1. The van der Waals surface area contributed by atoms with Gasteiger partial charge in [0.25, 0.3) is 5.91 Å². The number of carbonyl (C=O) groups is 1. The van der Waals surface area contributed by atoms with E-state index in [1.54, 1.807) is 26.4 Å². The lowest BCUT2D eigenvalue weighted by Crippen LogP contribution is -2.47. The van der Waals surface area contributed by atoms with E-state index in [0.29, 0.717) is 18.7 Å². The van der Waals surface area contributed by atoms with Gasteiger partial charge in [0.05, 0.1) is 13.2 Å². The fourth-order valence-electron chi connectivity index (χ4n) is 3.54. The predicted molar refractivity (Wildman–Crippen MR) is 97.9 cm³/mol. The van der Waals surface area contributed by atoms with Crippen LogP contribution in [0.4, 0.5) is 4.39 Å². The van der Waals surface area contributed by atoms with Crippen LogP contribution in [0.5, 0.6) is 5.75 Å². The molecule has 138 valence electrons. The van der Waals surface area contributed by atoms with E-state index >= 15 is 0 Å². The van der Waals surface area contributed by atoms with Crippen LogP contribution in [0.2, 0.25) is 0 Å². The molecule has 26 heavy (non-hydrogen) atoms. The quantitative estimate of drug-likeness (QED) is 0.821. The van der Waals surface area contributed by atoms with Gasteiger partial charge in [-0.3, -0.25) is 4.79 Å². The molecule has 2 aromatic rings. The molecule has 4 nitrogen and oxygen atoms in total. The van der Waals surface area contributed by atoms with E-state index in [1.807, 2.05) is 29.2 Å². The summed E-state index contributed by atoms with van der Waals surface area (Å²) in [6, 6.07) is 13.7. The maximum atomic E-state index is 13.1. The monoisotopic (exact) mass is 357 g/mol. The van der Waals surface area contributed by atoms with Crippen LogP contribution in [0.15, 0.2) is 48.5 Å².